The third-order valence-electron chi connectivity index (χ3n) is 6.28. The molecule has 188 valence electrons. The lowest BCUT2D eigenvalue weighted by molar-refractivity contribution is -0.923. The molecule has 0 radical (unpaired) electrons. The van der Waals surface area contributed by atoms with Crippen molar-refractivity contribution in [3.63, 3.8) is 0 Å². The quantitative estimate of drug-likeness (QED) is 0.367. The number of halogens is 1. The molecule has 1 saturated heterocycles. The first-order chi connectivity index (χ1) is 17.3. The molecule has 0 unspecified atom stereocenters. The molecule has 2 heterocycles. The molecular formula is C25H25FN4O4S2. The Labute approximate surface area is 213 Å². The van der Waals surface area contributed by atoms with Crippen molar-refractivity contribution in [3.8, 4) is 5.75 Å². The van der Waals surface area contributed by atoms with Crippen molar-refractivity contribution >= 4 is 44.7 Å². The first-order valence-electron chi connectivity index (χ1n) is 11.4. The summed E-state index contributed by atoms with van der Waals surface area (Å²) < 4.78 is 56.2. The minimum atomic E-state index is -4.00. The molecule has 1 fully saturated rings. The monoisotopic (exact) mass is 528 g/mol. The Hall–Kier alpha value is -3.41. The van der Waals surface area contributed by atoms with Gasteiger partial charge >= 0.3 is 0 Å². The van der Waals surface area contributed by atoms with Gasteiger partial charge in [0, 0.05) is 5.69 Å². The van der Waals surface area contributed by atoms with E-state index in [1.807, 2.05) is 4.57 Å². The first kappa shape index (κ1) is 24.3. The molecule has 0 atom stereocenters. The number of quaternary nitrogens is 1. The lowest BCUT2D eigenvalue weighted by Gasteiger charge is -2.33. The molecule has 5 rings (SSSR count). The van der Waals surface area contributed by atoms with Gasteiger partial charge in [-0.2, -0.15) is 0 Å². The minimum absolute atomic E-state index is 0.0431. The minimum Gasteiger partial charge on any atom is -0.570 e. The Bertz CT molecular complexity index is 1540. The topological polar surface area (TPSA) is 83.2 Å². The van der Waals surface area contributed by atoms with Crippen molar-refractivity contribution in [2.45, 2.75) is 11.6 Å². The summed E-state index contributed by atoms with van der Waals surface area (Å²) in [4.78, 5) is 3.83. The molecule has 1 aliphatic heterocycles. The zero-order valence-corrected chi connectivity index (χ0v) is 21.2. The SMILES string of the molecule is COc1ccccc1[N-]S(=O)(=O)c1ccc2oc(=S)n(C[NH+]3CCN(c4ccc(F)cc4)CC3)c2c1. The number of benzene rings is 3. The lowest BCUT2D eigenvalue weighted by Crippen LogP contribution is -3.14. The summed E-state index contributed by atoms with van der Waals surface area (Å²) in [5.41, 5.74) is 2.34. The Morgan fingerprint density at radius 3 is 2.53 bits per heavy atom. The van der Waals surface area contributed by atoms with Crippen molar-refractivity contribution in [1.82, 2.24) is 4.57 Å². The van der Waals surface area contributed by atoms with Gasteiger partial charge in [0.15, 0.2) is 12.3 Å². The second-order valence-corrected chi connectivity index (χ2v) is 10.5. The number of hydrogen-bond acceptors (Lipinski definition) is 6. The van der Waals surface area contributed by atoms with Gasteiger partial charge in [0.05, 0.1) is 43.7 Å². The highest BCUT2D eigenvalue weighted by atomic mass is 32.2. The van der Waals surface area contributed by atoms with Gasteiger partial charge in [-0.05, 0) is 60.7 Å². The molecular weight excluding hydrogens is 503 g/mol. The van der Waals surface area contributed by atoms with Crippen LogP contribution in [0.5, 0.6) is 5.75 Å². The molecule has 3 aromatic carbocycles. The summed E-state index contributed by atoms with van der Waals surface area (Å²) in [7, 11) is -2.54. The summed E-state index contributed by atoms with van der Waals surface area (Å²) in [6, 6.07) is 17.8. The van der Waals surface area contributed by atoms with Gasteiger partial charge in [0.1, 0.15) is 21.6 Å². The van der Waals surface area contributed by atoms with Crippen molar-refractivity contribution in [2.24, 2.45) is 0 Å². The largest absolute Gasteiger partial charge is 0.570 e. The van der Waals surface area contributed by atoms with Crippen molar-refractivity contribution in [2.75, 3.05) is 38.2 Å². The second kappa shape index (κ2) is 9.92. The number of aromatic nitrogens is 1. The lowest BCUT2D eigenvalue weighted by atomic mass is 10.2. The van der Waals surface area contributed by atoms with Crippen LogP contribution in [-0.2, 0) is 16.7 Å². The van der Waals surface area contributed by atoms with Gasteiger partial charge < -0.3 is 23.7 Å². The second-order valence-electron chi connectivity index (χ2n) is 8.54. The van der Waals surface area contributed by atoms with Crippen LogP contribution in [-0.4, -0.2) is 46.3 Å². The number of hydrogen-bond donors (Lipinski definition) is 1. The van der Waals surface area contributed by atoms with Crippen LogP contribution in [0.2, 0.25) is 0 Å². The van der Waals surface area contributed by atoms with Crippen LogP contribution >= 0.6 is 12.2 Å². The molecule has 0 saturated carbocycles. The van der Waals surface area contributed by atoms with Crippen LogP contribution in [0.25, 0.3) is 15.8 Å². The number of para-hydroxylation sites is 1. The van der Waals surface area contributed by atoms with Crippen LogP contribution in [0.1, 0.15) is 0 Å². The third kappa shape index (κ3) is 4.95. The van der Waals surface area contributed by atoms with E-state index >= 15 is 0 Å². The van der Waals surface area contributed by atoms with Gasteiger partial charge in [-0.1, -0.05) is 23.9 Å². The molecule has 0 aliphatic carbocycles. The van der Waals surface area contributed by atoms with Gasteiger partial charge in [0.2, 0.25) is 0 Å². The molecule has 8 nitrogen and oxygen atoms in total. The highest BCUT2D eigenvalue weighted by molar-refractivity contribution is 7.94. The number of nitrogens with one attached hydrogen (secondary N) is 1. The third-order valence-corrected chi connectivity index (χ3v) is 7.87. The maximum atomic E-state index is 13.2. The van der Waals surface area contributed by atoms with Crippen LogP contribution in [0, 0.1) is 10.7 Å². The number of oxazole rings is 1. The van der Waals surface area contributed by atoms with E-state index in [1.165, 1.54) is 30.2 Å². The maximum absolute atomic E-state index is 13.2. The molecule has 0 spiro atoms. The molecule has 1 aromatic heterocycles. The predicted molar refractivity (Wildman–Crippen MR) is 138 cm³/mol. The van der Waals surface area contributed by atoms with Crippen LogP contribution in [0.4, 0.5) is 15.8 Å². The standard InChI is InChI=1S/C25H24FN4O4S2/c1-33-23-5-3-2-4-21(23)27-36(31,32)20-10-11-24-22(16-20)30(25(35)34-24)17-28-12-14-29(15-13-28)19-8-6-18(26)7-9-19/h2-11,16H,12-15,17H2,1H3/q-1/p+1. The van der Waals surface area contributed by atoms with Crippen molar-refractivity contribution in [1.29, 1.82) is 0 Å². The summed E-state index contributed by atoms with van der Waals surface area (Å²) >= 11 is 5.46. The number of anilines is 1. The fourth-order valence-corrected chi connectivity index (χ4v) is 5.62. The van der Waals surface area contributed by atoms with Crippen LogP contribution in [0.3, 0.4) is 0 Å². The molecule has 11 heteroatoms. The summed E-state index contributed by atoms with van der Waals surface area (Å²) in [5, 5.41) is 0. The number of methoxy groups -OCH3 is 1. The summed E-state index contributed by atoms with van der Waals surface area (Å²) in [5.74, 6) is 0.123. The highest BCUT2D eigenvalue weighted by Crippen LogP contribution is 2.36. The van der Waals surface area contributed by atoms with Gasteiger partial charge in [0.25, 0.3) is 4.84 Å². The number of sulfonamides is 1. The summed E-state index contributed by atoms with van der Waals surface area (Å²) in [6.07, 6.45) is 0. The Kier molecular flexibility index (Phi) is 6.69. The van der Waals surface area contributed by atoms with Crippen LogP contribution in [0.15, 0.2) is 76.0 Å². The van der Waals surface area contributed by atoms with E-state index in [0.717, 1.165) is 31.9 Å². The van der Waals surface area contributed by atoms with Gasteiger partial charge in [-0.3, -0.25) is 4.57 Å². The number of ether oxygens (including phenoxy) is 1. The number of rotatable bonds is 7. The molecule has 36 heavy (non-hydrogen) atoms. The summed E-state index contributed by atoms with van der Waals surface area (Å²) in [6.45, 7) is 3.83. The molecule has 1 aliphatic rings. The van der Waals surface area contributed by atoms with E-state index in [2.05, 4.69) is 9.62 Å². The fourth-order valence-electron chi connectivity index (χ4n) is 4.35. The number of nitrogens with zero attached hydrogens (tertiary/aromatic N) is 3. The molecule has 0 bridgehead atoms. The average Bonchev–Trinajstić information content (AvgIpc) is 3.19. The van der Waals surface area contributed by atoms with Crippen LogP contribution < -0.4 is 14.5 Å². The van der Waals surface area contributed by atoms with E-state index in [1.54, 1.807) is 48.5 Å². The van der Waals surface area contributed by atoms with E-state index in [-0.39, 0.29) is 21.2 Å². The Morgan fingerprint density at radius 2 is 1.81 bits per heavy atom. The molecule has 4 aromatic rings. The van der Waals surface area contributed by atoms with E-state index in [9.17, 15) is 12.8 Å². The van der Waals surface area contributed by atoms with E-state index in [0.29, 0.717) is 23.5 Å². The number of fused-ring (bicyclic) bond motifs is 1. The normalized spacial score (nSPS) is 14.8. The Balaban J connectivity index is 1.35. The molecule has 1 N–H and O–H groups in total. The molecule has 0 amide bonds. The zero-order chi connectivity index (χ0) is 25.3. The smallest absolute Gasteiger partial charge is 0.274 e. The van der Waals surface area contributed by atoms with Crippen molar-refractivity contribution in [3.05, 3.63) is 82.1 Å². The average molecular weight is 529 g/mol. The Morgan fingerprint density at radius 1 is 1.08 bits per heavy atom. The highest BCUT2D eigenvalue weighted by Gasteiger charge is 2.22. The zero-order valence-electron chi connectivity index (χ0n) is 19.6. The van der Waals surface area contributed by atoms with Gasteiger partial charge in [-0.25, -0.2) is 12.8 Å². The fraction of sp³-hybridized carbons (Fsp3) is 0.240. The predicted octanol–water partition coefficient (Wildman–Crippen LogP) is 3.87. The number of piperazine rings is 1. The van der Waals surface area contributed by atoms with Crippen molar-refractivity contribution < 1.29 is 26.9 Å². The van der Waals surface area contributed by atoms with E-state index < -0.39 is 10.0 Å². The first-order valence-corrected chi connectivity index (χ1v) is 13.3. The maximum Gasteiger partial charge on any atom is 0.274 e. The van der Waals surface area contributed by atoms with E-state index in [4.69, 9.17) is 21.4 Å². The van der Waals surface area contributed by atoms with Gasteiger partial charge in [-0.15, -0.1) is 0 Å².